The highest BCUT2D eigenvalue weighted by Crippen LogP contribution is 2.23. The molecule has 20 heavy (non-hydrogen) atoms. The number of hydrogen-bond acceptors (Lipinski definition) is 4. The molecule has 1 aromatic carbocycles. The molecule has 1 aromatic heterocycles. The Balaban J connectivity index is 1.92. The number of aromatic nitrogens is 3. The molecule has 100 valence electrons. The van der Waals surface area contributed by atoms with Crippen LogP contribution >= 0.6 is 0 Å². The van der Waals surface area contributed by atoms with Crippen LogP contribution in [0.4, 0.5) is 5.95 Å². The van der Waals surface area contributed by atoms with Gasteiger partial charge in [0.25, 0.3) is 0 Å². The number of hydrogen-bond donors (Lipinski definition) is 2. The van der Waals surface area contributed by atoms with E-state index in [1.54, 1.807) is 10.8 Å². The number of anilines is 1. The molecule has 0 fully saturated rings. The van der Waals surface area contributed by atoms with Crippen LogP contribution in [0, 0.1) is 0 Å². The van der Waals surface area contributed by atoms with Gasteiger partial charge in [-0.2, -0.15) is 10.1 Å². The molecule has 0 radical (unpaired) electrons. The quantitative estimate of drug-likeness (QED) is 0.889. The lowest BCUT2D eigenvalue weighted by Gasteiger charge is -2.19. The first-order chi connectivity index (χ1) is 9.74. The Morgan fingerprint density at radius 1 is 1.35 bits per heavy atom. The van der Waals surface area contributed by atoms with Crippen molar-refractivity contribution in [3.63, 3.8) is 0 Å². The van der Waals surface area contributed by atoms with Gasteiger partial charge in [0.1, 0.15) is 12.0 Å². The van der Waals surface area contributed by atoms with Gasteiger partial charge in [0.05, 0.1) is 6.04 Å². The Kier molecular flexibility index (Phi) is 3.04. The lowest BCUT2D eigenvalue weighted by Crippen LogP contribution is -2.22. The zero-order valence-corrected chi connectivity index (χ0v) is 10.5. The molecule has 0 amide bonds. The van der Waals surface area contributed by atoms with Gasteiger partial charge in [-0.15, -0.1) is 0 Å². The van der Waals surface area contributed by atoms with Crippen molar-refractivity contribution >= 4 is 18.0 Å². The first-order valence-corrected chi connectivity index (χ1v) is 6.09. The van der Waals surface area contributed by atoms with Crippen LogP contribution in [0.1, 0.15) is 11.6 Å². The molecule has 2 N–H and O–H groups in total. The predicted octanol–water partition coefficient (Wildman–Crippen LogP) is 1.93. The monoisotopic (exact) mass is 268 g/mol. The molecular formula is C14H12N4O2. The molecule has 0 saturated carbocycles. The van der Waals surface area contributed by atoms with E-state index in [1.165, 1.54) is 6.33 Å². The zero-order chi connectivity index (χ0) is 13.9. The van der Waals surface area contributed by atoms with Crippen molar-refractivity contribution in [2.75, 3.05) is 5.32 Å². The molecule has 0 saturated heterocycles. The van der Waals surface area contributed by atoms with Crippen LogP contribution in [0.15, 0.2) is 54.5 Å². The van der Waals surface area contributed by atoms with Gasteiger partial charge in [-0.3, -0.25) is 0 Å². The average Bonchev–Trinajstić information content (AvgIpc) is 2.94. The molecule has 6 heteroatoms. The maximum absolute atomic E-state index is 11.1. The molecule has 0 bridgehead atoms. The molecule has 0 spiro atoms. The van der Waals surface area contributed by atoms with Gasteiger partial charge in [-0.25, -0.2) is 9.48 Å². The molecule has 3 rings (SSSR count). The summed E-state index contributed by atoms with van der Waals surface area (Å²) < 4.78 is 1.63. The molecule has 2 heterocycles. The number of nitrogens with one attached hydrogen (secondary N) is 1. The second-order valence-electron chi connectivity index (χ2n) is 4.30. The van der Waals surface area contributed by atoms with Gasteiger partial charge in [-0.1, -0.05) is 42.5 Å². The Bertz CT molecular complexity index is 688. The van der Waals surface area contributed by atoms with E-state index in [1.807, 2.05) is 42.5 Å². The van der Waals surface area contributed by atoms with Crippen LogP contribution in [0.5, 0.6) is 0 Å². The van der Waals surface area contributed by atoms with Crippen LogP contribution in [0.2, 0.25) is 0 Å². The summed E-state index contributed by atoms with van der Waals surface area (Å²) in [5.74, 6) is -0.593. The van der Waals surface area contributed by atoms with E-state index in [4.69, 9.17) is 5.11 Å². The highest BCUT2D eigenvalue weighted by molar-refractivity contribution is 5.90. The summed E-state index contributed by atoms with van der Waals surface area (Å²) in [6.45, 7) is 0. The SMILES string of the molecule is O=C(O)C1=C[C@H](/C=C/c2ccccc2)n2ncnc2N1. The average molecular weight is 268 g/mol. The third-order valence-electron chi connectivity index (χ3n) is 2.96. The summed E-state index contributed by atoms with van der Waals surface area (Å²) in [6.07, 6.45) is 6.81. The van der Waals surface area contributed by atoms with Crippen LogP contribution in [0.25, 0.3) is 6.08 Å². The number of fused-ring (bicyclic) bond motifs is 1. The Morgan fingerprint density at radius 3 is 2.90 bits per heavy atom. The zero-order valence-electron chi connectivity index (χ0n) is 10.5. The van der Waals surface area contributed by atoms with E-state index >= 15 is 0 Å². The Hall–Kier alpha value is -2.89. The molecule has 1 aliphatic rings. The number of aliphatic carboxylic acids is 1. The molecular weight excluding hydrogens is 256 g/mol. The normalized spacial score (nSPS) is 17.4. The fraction of sp³-hybridized carbons (Fsp3) is 0.0714. The predicted molar refractivity (Wildman–Crippen MR) is 73.9 cm³/mol. The minimum Gasteiger partial charge on any atom is -0.477 e. The molecule has 2 aromatic rings. The third-order valence-corrected chi connectivity index (χ3v) is 2.96. The minimum absolute atomic E-state index is 0.105. The molecule has 0 aliphatic carbocycles. The standard InChI is InChI=1S/C14H12N4O2/c19-13(20)12-8-11(18-14(17-12)15-9-16-18)7-6-10-4-2-1-3-5-10/h1-9,11H,(H,19,20)(H,15,16,17)/b7-6+/t11-/m0/s1. The van der Waals surface area contributed by atoms with Crippen molar-refractivity contribution in [3.05, 3.63) is 60.1 Å². The largest absolute Gasteiger partial charge is 0.477 e. The van der Waals surface area contributed by atoms with Crippen LogP contribution in [-0.2, 0) is 4.79 Å². The van der Waals surface area contributed by atoms with Crippen molar-refractivity contribution in [2.24, 2.45) is 0 Å². The van der Waals surface area contributed by atoms with Gasteiger partial charge in [-0.05, 0) is 11.6 Å². The Labute approximate surface area is 115 Å². The van der Waals surface area contributed by atoms with Gasteiger partial charge < -0.3 is 10.4 Å². The van der Waals surface area contributed by atoms with E-state index in [0.29, 0.717) is 5.95 Å². The second-order valence-corrected chi connectivity index (χ2v) is 4.30. The number of carboxylic acid groups (broad SMARTS) is 1. The molecule has 6 nitrogen and oxygen atoms in total. The second kappa shape index (κ2) is 5.00. The highest BCUT2D eigenvalue weighted by Gasteiger charge is 2.22. The highest BCUT2D eigenvalue weighted by atomic mass is 16.4. The number of rotatable bonds is 3. The molecule has 1 aliphatic heterocycles. The number of allylic oxidation sites excluding steroid dienone is 2. The van der Waals surface area contributed by atoms with Crippen LogP contribution in [-0.4, -0.2) is 25.8 Å². The first-order valence-electron chi connectivity index (χ1n) is 6.09. The van der Waals surface area contributed by atoms with Crippen molar-refractivity contribution in [1.29, 1.82) is 0 Å². The lowest BCUT2D eigenvalue weighted by atomic mass is 10.1. The van der Waals surface area contributed by atoms with E-state index in [0.717, 1.165) is 5.56 Å². The van der Waals surface area contributed by atoms with Crippen molar-refractivity contribution in [2.45, 2.75) is 6.04 Å². The Morgan fingerprint density at radius 2 is 2.15 bits per heavy atom. The van der Waals surface area contributed by atoms with E-state index in [9.17, 15) is 4.79 Å². The smallest absolute Gasteiger partial charge is 0.352 e. The summed E-state index contributed by atoms with van der Waals surface area (Å²) >= 11 is 0. The topological polar surface area (TPSA) is 80.0 Å². The number of carboxylic acids is 1. The van der Waals surface area contributed by atoms with E-state index in [2.05, 4.69) is 15.4 Å². The summed E-state index contributed by atoms with van der Waals surface area (Å²) in [5, 5.41) is 15.9. The van der Waals surface area contributed by atoms with Gasteiger partial charge in [0, 0.05) is 0 Å². The summed E-state index contributed by atoms with van der Waals surface area (Å²) in [7, 11) is 0. The summed E-state index contributed by atoms with van der Waals surface area (Å²) in [5.41, 5.74) is 1.14. The van der Waals surface area contributed by atoms with E-state index in [-0.39, 0.29) is 11.7 Å². The fourth-order valence-corrected chi connectivity index (χ4v) is 2.00. The van der Waals surface area contributed by atoms with Crippen molar-refractivity contribution in [3.8, 4) is 0 Å². The first kappa shape index (κ1) is 12.2. The number of nitrogens with zero attached hydrogens (tertiary/aromatic N) is 3. The maximum Gasteiger partial charge on any atom is 0.352 e. The number of benzene rings is 1. The van der Waals surface area contributed by atoms with Crippen molar-refractivity contribution in [1.82, 2.24) is 14.8 Å². The van der Waals surface area contributed by atoms with Gasteiger partial charge >= 0.3 is 5.97 Å². The fourth-order valence-electron chi connectivity index (χ4n) is 2.00. The van der Waals surface area contributed by atoms with Crippen molar-refractivity contribution < 1.29 is 9.90 Å². The molecule has 0 unspecified atom stereocenters. The lowest BCUT2D eigenvalue weighted by molar-refractivity contribution is -0.132. The van der Waals surface area contributed by atoms with E-state index < -0.39 is 5.97 Å². The van der Waals surface area contributed by atoms with Crippen LogP contribution in [0.3, 0.4) is 0 Å². The maximum atomic E-state index is 11.1. The van der Waals surface area contributed by atoms with Gasteiger partial charge in [0.15, 0.2) is 0 Å². The third kappa shape index (κ3) is 2.31. The number of carbonyl (C=O) groups is 1. The molecule has 1 atom stereocenters. The minimum atomic E-state index is -1.02. The summed E-state index contributed by atoms with van der Waals surface area (Å²) in [6, 6.07) is 9.51. The summed E-state index contributed by atoms with van der Waals surface area (Å²) in [4.78, 5) is 15.1. The van der Waals surface area contributed by atoms with Crippen LogP contribution < -0.4 is 5.32 Å². The van der Waals surface area contributed by atoms with Gasteiger partial charge in [0.2, 0.25) is 5.95 Å².